The SMILES string of the molecule is CCc1ccc(C(=O)CCC(=O)Nc2ccnn2Cc2ccc(N(C)C)cc2)cc1. The van der Waals surface area contributed by atoms with E-state index in [4.69, 9.17) is 0 Å². The van der Waals surface area contributed by atoms with Gasteiger partial charge in [0.1, 0.15) is 5.82 Å². The third-order valence-electron chi connectivity index (χ3n) is 5.03. The Bertz CT molecular complexity index is 989. The van der Waals surface area contributed by atoms with Crippen LogP contribution in [-0.4, -0.2) is 35.6 Å². The number of rotatable bonds is 9. The van der Waals surface area contributed by atoms with Crippen molar-refractivity contribution in [3.8, 4) is 0 Å². The van der Waals surface area contributed by atoms with E-state index in [2.05, 4.69) is 29.5 Å². The predicted molar refractivity (Wildman–Crippen MR) is 120 cm³/mol. The van der Waals surface area contributed by atoms with Crippen LogP contribution in [0.5, 0.6) is 0 Å². The van der Waals surface area contributed by atoms with Crippen molar-refractivity contribution in [3.63, 3.8) is 0 Å². The molecule has 1 N–H and O–H groups in total. The van der Waals surface area contributed by atoms with Gasteiger partial charge in [-0.1, -0.05) is 43.3 Å². The maximum atomic E-state index is 12.4. The number of nitrogens with zero attached hydrogens (tertiary/aromatic N) is 3. The van der Waals surface area contributed by atoms with Crippen LogP contribution in [0.1, 0.15) is 41.3 Å². The molecule has 6 heteroatoms. The van der Waals surface area contributed by atoms with Gasteiger partial charge < -0.3 is 10.2 Å². The molecule has 0 bridgehead atoms. The number of Topliss-reactive ketones (excluding diaryl/α,β-unsaturated/α-hetero) is 1. The van der Waals surface area contributed by atoms with Gasteiger partial charge in [0.2, 0.25) is 5.91 Å². The molecule has 0 aliphatic rings. The van der Waals surface area contributed by atoms with Crippen molar-refractivity contribution in [1.82, 2.24) is 9.78 Å². The summed E-state index contributed by atoms with van der Waals surface area (Å²) >= 11 is 0. The van der Waals surface area contributed by atoms with E-state index in [1.807, 2.05) is 55.4 Å². The molecule has 1 heterocycles. The van der Waals surface area contributed by atoms with Crippen molar-refractivity contribution in [2.24, 2.45) is 0 Å². The van der Waals surface area contributed by atoms with Crippen molar-refractivity contribution >= 4 is 23.2 Å². The van der Waals surface area contributed by atoms with Gasteiger partial charge in [-0.3, -0.25) is 9.59 Å². The summed E-state index contributed by atoms with van der Waals surface area (Å²) in [5.41, 5.74) is 4.05. The standard InChI is InChI=1S/C24H28N4O2/c1-4-18-5-9-20(10-6-18)22(29)13-14-24(30)26-23-15-16-25-28(23)17-19-7-11-21(12-8-19)27(2)3/h5-12,15-16H,4,13-14,17H2,1-3H3,(H,26,30). The van der Waals surface area contributed by atoms with Crippen molar-refractivity contribution in [3.05, 3.63) is 77.5 Å². The monoisotopic (exact) mass is 404 g/mol. The molecule has 3 rings (SSSR count). The van der Waals surface area contributed by atoms with Gasteiger partial charge in [0.15, 0.2) is 5.78 Å². The van der Waals surface area contributed by atoms with E-state index >= 15 is 0 Å². The fraction of sp³-hybridized carbons (Fsp3) is 0.292. The maximum Gasteiger partial charge on any atom is 0.225 e. The van der Waals surface area contributed by atoms with Crippen molar-refractivity contribution in [2.75, 3.05) is 24.3 Å². The molecule has 1 aromatic heterocycles. The highest BCUT2D eigenvalue weighted by atomic mass is 16.2. The van der Waals surface area contributed by atoms with Crippen molar-refractivity contribution < 1.29 is 9.59 Å². The number of hydrogen-bond acceptors (Lipinski definition) is 4. The van der Waals surface area contributed by atoms with Crippen molar-refractivity contribution in [2.45, 2.75) is 32.7 Å². The van der Waals surface area contributed by atoms with Gasteiger partial charge >= 0.3 is 0 Å². The lowest BCUT2D eigenvalue weighted by molar-refractivity contribution is -0.116. The van der Waals surface area contributed by atoms with E-state index < -0.39 is 0 Å². The molecule has 0 spiro atoms. The topological polar surface area (TPSA) is 67.2 Å². The van der Waals surface area contributed by atoms with E-state index in [0.29, 0.717) is 17.9 Å². The number of nitrogens with one attached hydrogen (secondary N) is 1. The average Bonchev–Trinajstić information content (AvgIpc) is 3.18. The Morgan fingerprint density at radius 2 is 1.60 bits per heavy atom. The molecule has 0 aliphatic heterocycles. The molecule has 0 fully saturated rings. The molecule has 3 aromatic rings. The lowest BCUT2D eigenvalue weighted by Gasteiger charge is -2.13. The van der Waals surface area contributed by atoms with Gasteiger partial charge in [-0.15, -0.1) is 0 Å². The summed E-state index contributed by atoms with van der Waals surface area (Å²) < 4.78 is 1.74. The first-order chi connectivity index (χ1) is 14.5. The minimum atomic E-state index is -0.196. The fourth-order valence-electron chi connectivity index (χ4n) is 3.14. The van der Waals surface area contributed by atoms with Crippen LogP contribution < -0.4 is 10.2 Å². The van der Waals surface area contributed by atoms with Crippen LogP contribution in [0.25, 0.3) is 0 Å². The minimum absolute atomic E-state index is 0.0257. The molecule has 30 heavy (non-hydrogen) atoms. The number of carbonyl (C=O) groups excluding carboxylic acids is 2. The Labute approximate surface area is 177 Å². The number of benzene rings is 2. The Balaban J connectivity index is 1.54. The van der Waals surface area contributed by atoms with Crippen LogP contribution in [0.3, 0.4) is 0 Å². The molecule has 0 aliphatic carbocycles. The maximum absolute atomic E-state index is 12.4. The van der Waals surface area contributed by atoms with Crippen LogP contribution in [0.4, 0.5) is 11.5 Å². The van der Waals surface area contributed by atoms with Gasteiger partial charge in [-0.05, 0) is 29.7 Å². The molecule has 0 unspecified atom stereocenters. The molecular formula is C24H28N4O2. The van der Waals surface area contributed by atoms with Crippen LogP contribution in [0.2, 0.25) is 0 Å². The number of anilines is 2. The lowest BCUT2D eigenvalue weighted by Crippen LogP contribution is -2.17. The highest BCUT2D eigenvalue weighted by Crippen LogP contribution is 2.16. The Kier molecular flexibility index (Phi) is 7.01. The van der Waals surface area contributed by atoms with E-state index in [0.717, 1.165) is 17.7 Å². The molecule has 2 aromatic carbocycles. The Morgan fingerprint density at radius 3 is 2.23 bits per heavy atom. The molecule has 6 nitrogen and oxygen atoms in total. The Hall–Kier alpha value is -3.41. The first-order valence-electron chi connectivity index (χ1n) is 10.2. The molecule has 0 saturated heterocycles. The number of aromatic nitrogens is 2. The fourth-order valence-corrected chi connectivity index (χ4v) is 3.14. The van der Waals surface area contributed by atoms with Gasteiger partial charge in [0, 0.05) is 44.3 Å². The van der Waals surface area contributed by atoms with Gasteiger partial charge in [-0.25, -0.2) is 4.68 Å². The molecule has 0 atom stereocenters. The van der Waals surface area contributed by atoms with E-state index in [1.165, 1.54) is 5.56 Å². The first-order valence-corrected chi connectivity index (χ1v) is 10.2. The number of amides is 1. The summed E-state index contributed by atoms with van der Waals surface area (Å²) in [4.78, 5) is 26.7. The third-order valence-corrected chi connectivity index (χ3v) is 5.03. The second kappa shape index (κ2) is 9.87. The highest BCUT2D eigenvalue weighted by molar-refractivity contribution is 5.99. The highest BCUT2D eigenvalue weighted by Gasteiger charge is 2.12. The van der Waals surface area contributed by atoms with Crippen LogP contribution in [0.15, 0.2) is 60.8 Å². The molecular weight excluding hydrogens is 376 g/mol. The second-order valence-corrected chi connectivity index (χ2v) is 7.46. The number of ketones is 1. The Morgan fingerprint density at radius 1 is 0.933 bits per heavy atom. The third kappa shape index (κ3) is 5.56. The van der Waals surface area contributed by atoms with Gasteiger partial charge in [0.05, 0.1) is 12.7 Å². The number of carbonyl (C=O) groups is 2. The van der Waals surface area contributed by atoms with E-state index in [1.54, 1.807) is 16.9 Å². The summed E-state index contributed by atoms with van der Waals surface area (Å²) in [7, 11) is 4.00. The van der Waals surface area contributed by atoms with Crippen LogP contribution in [-0.2, 0) is 17.8 Å². The van der Waals surface area contributed by atoms with E-state index in [-0.39, 0.29) is 24.5 Å². The van der Waals surface area contributed by atoms with Gasteiger partial charge in [0.25, 0.3) is 0 Å². The predicted octanol–water partition coefficient (Wildman–Crippen LogP) is 4.16. The zero-order valence-electron chi connectivity index (χ0n) is 17.8. The van der Waals surface area contributed by atoms with Crippen LogP contribution >= 0.6 is 0 Å². The summed E-state index contributed by atoms with van der Waals surface area (Å²) in [5.74, 6) is 0.400. The molecule has 0 radical (unpaired) electrons. The zero-order chi connectivity index (χ0) is 21.5. The van der Waals surface area contributed by atoms with Gasteiger partial charge in [-0.2, -0.15) is 5.10 Å². The zero-order valence-corrected chi connectivity index (χ0v) is 17.8. The summed E-state index contributed by atoms with van der Waals surface area (Å²) in [6, 6.07) is 17.5. The summed E-state index contributed by atoms with van der Waals surface area (Å²) in [5, 5.41) is 7.17. The average molecular weight is 405 g/mol. The number of hydrogen-bond donors (Lipinski definition) is 1. The summed E-state index contributed by atoms with van der Waals surface area (Å²) in [6.07, 6.45) is 2.91. The number of aryl methyl sites for hydroxylation is 1. The second-order valence-electron chi connectivity index (χ2n) is 7.46. The van der Waals surface area contributed by atoms with Crippen molar-refractivity contribution in [1.29, 1.82) is 0 Å². The molecule has 0 saturated carbocycles. The quantitative estimate of drug-likeness (QED) is 0.544. The lowest BCUT2D eigenvalue weighted by atomic mass is 10.0. The summed E-state index contributed by atoms with van der Waals surface area (Å²) in [6.45, 7) is 2.63. The normalized spacial score (nSPS) is 10.6. The molecule has 1 amide bonds. The minimum Gasteiger partial charge on any atom is -0.378 e. The first kappa shape index (κ1) is 21.3. The van der Waals surface area contributed by atoms with E-state index in [9.17, 15) is 9.59 Å². The van der Waals surface area contributed by atoms with Crippen LogP contribution in [0, 0.1) is 0 Å². The largest absolute Gasteiger partial charge is 0.378 e. The smallest absolute Gasteiger partial charge is 0.225 e. The molecule has 156 valence electrons.